The van der Waals surface area contributed by atoms with Gasteiger partial charge in [0, 0.05) is 36.8 Å². The van der Waals surface area contributed by atoms with Crippen LogP contribution in [0.1, 0.15) is 23.2 Å². The van der Waals surface area contributed by atoms with Crippen molar-refractivity contribution in [2.24, 2.45) is 5.73 Å². The Bertz CT molecular complexity index is 538. The molecular weight excluding hydrogens is 298 g/mol. The normalized spacial score (nSPS) is 17.8. The molecule has 1 aliphatic rings. The molecule has 8 heteroatoms. The smallest absolute Gasteiger partial charge is 0.310 e. The standard InChI is InChI=1S/C13H17N3O4.ClH/c1-20-12-7-9(4-5-11(12)16(18)19)13(17)15-6-2-3-10(14)8-15;/h4-5,7,10H,2-3,6,8,14H2,1H3;1H. The van der Waals surface area contributed by atoms with Crippen LogP contribution in [0.15, 0.2) is 18.2 Å². The fraction of sp³-hybridized carbons (Fsp3) is 0.462. The number of halogens is 1. The van der Waals surface area contributed by atoms with Crippen molar-refractivity contribution in [3.63, 3.8) is 0 Å². The highest BCUT2D eigenvalue weighted by Gasteiger charge is 2.24. The fourth-order valence-corrected chi connectivity index (χ4v) is 2.34. The average molecular weight is 316 g/mol. The molecule has 1 atom stereocenters. The molecule has 2 rings (SSSR count). The van der Waals surface area contributed by atoms with Gasteiger partial charge in [-0.1, -0.05) is 0 Å². The molecule has 1 aromatic rings. The zero-order chi connectivity index (χ0) is 14.7. The first-order valence-corrected chi connectivity index (χ1v) is 6.40. The number of carbonyl (C=O) groups excluding carboxylic acids is 1. The maximum absolute atomic E-state index is 12.3. The van der Waals surface area contributed by atoms with Crippen LogP contribution >= 0.6 is 12.4 Å². The molecule has 1 saturated heterocycles. The number of amides is 1. The minimum atomic E-state index is -0.538. The third-order valence-electron chi connectivity index (χ3n) is 3.37. The van der Waals surface area contributed by atoms with Gasteiger partial charge in [-0.3, -0.25) is 14.9 Å². The number of hydrogen-bond donors (Lipinski definition) is 1. The largest absolute Gasteiger partial charge is 0.490 e. The van der Waals surface area contributed by atoms with E-state index in [4.69, 9.17) is 10.5 Å². The molecular formula is C13H18ClN3O4. The van der Waals surface area contributed by atoms with Gasteiger partial charge in [-0.2, -0.15) is 0 Å². The van der Waals surface area contributed by atoms with Crippen LogP contribution in [-0.4, -0.2) is 42.0 Å². The van der Waals surface area contributed by atoms with Crippen molar-refractivity contribution in [2.45, 2.75) is 18.9 Å². The Hall–Kier alpha value is -1.86. The summed E-state index contributed by atoms with van der Waals surface area (Å²) in [6, 6.07) is 4.13. The van der Waals surface area contributed by atoms with E-state index in [0.717, 1.165) is 12.8 Å². The monoisotopic (exact) mass is 315 g/mol. The summed E-state index contributed by atoms with van der Waals surface area (Å²) in [5, 5.41) is 10.8. The van der Waals surface area contributed by atoms with Crippen LogP contribution in [-0.2, 0) is 0 Å². The summed E-state index contributed by atoms with van der Waals surface area (Å²) in [4.78, 5) is 24.3. The highest BCUT2D eigenvalue weighted by atomic mass is 35.5. The second-order valence-corrected chi connectivity index (χ2v) is 4.80. The van der Waals surface area contributed by atoms with E-state index >= 15 is 0 Å². The van der Waals surface area contributed by atoms with Gasteiger partial charge < -0.3 is 15.4 Å². The Labute approximate surface area is 128 Å². The van der Waals surface area contributed by atoms with Crippen molar-refractivity contribution in [1.29, 1.82) is 0 Å². The van der Waals surface area contributed by atoms with E-state index in [0.29, 0.717) is 18.7 Å². The average Bonchev–Trinajstić information content (AvgIpc) is 2.45. The number of rotatable bonds is 3. The molecule has 7 nitrogen and oxygen atoms in total. The molecule has 0 saturated carbocycles. The Balaban J connectivity index is 0.00000220. The van der Waals surface area contributed by atoms with Gasteiger partial charge in [0.05, 0.1) is 12.0 Å². The van der Waals surface area contributed by atoms with Gasteiger partial charge in [0.15, 0.2) is 5.75 Å². The van der Waals surface area contributed by atoms with Crippen LogP contribution in [0.5, 0.6) is 5.75 Å². The highest BCUT2D eigenvalue weighted by molar-refractivity contribution is 5.95. The first kappa shape index (κ1) is 17.2. The SMILES string of the molecule is COc1cc(C(=O)N2CCCC(N)C2)ccc1[N+](=O)[O-].Cl. The Kier molecular flexibility index (Phi) is 5.92. The quantitative estimate of drug-likeness (QED) is 0.674. The molecule has 2 N–H and O–H groups in total. The van der Waals surface area contributed by atoms with E-state index < -0.39 is 4.92 Å². The van der Waals surface area contributed by atoms with E-state index in [9.17, 15) is 14.9 Å². The third-order valence-corrected chi connectivity index (χ3v) is 3.37. The fourth-order valence-electron chi connectivity index (χ4n) is 2.34. The maximum atomic E-state index is 12.3. The highest BCUT2D eigenvalue weighted by Crippen LogP contribution is 2.28. The Morgan fingerprint density at radius 3 is 2.81 bits per heavy atom. The lowest BCUT2D eigenvalue weighted by Crippen LogP contribution is -2.45. The topological polar surface area (TPSA) is 98.7 Å². The molecule has 1 unspecified atom stereocenters. The summed E-state index contributed by atoms with van der Waals surface area (Å²) in [5.41, 5.74) is 6.08. The number of nitrogens with zero attached hydrogens (tertiary/aromatic N) is 2. The van der Waals surface area contributed by atoms with Gasteiger partial charge >= 0.3 is 5.69 Å². The van der Waals surface area contributed by atoms with Crippen molar-refractivity contribution in [3.05, 3.63) is 33.9 Å². The Morgan fingerprint density at radius 2 is 2.24 bits per heavy atom. The third kappa shape index (κ3) is 3.83. The number of piperidine rings is 1. The molecule has 0 aliphatic carbocycles. The summed E-state index contributed by atoms with van der Waals surface area (Å²) >= 11 is 0. The molecule has 1 aliphatic heterocycles. The van der Waals surface area contributed by atoms with E-state index in [2.05, 4.69) is 0 Å². The molecule has 116 valence electrons. The summed E-state index contributed by atoms with van der Waals surface area (Å²) < 4.78 is 4.97. The first-order chi connectivity index (χ1) is 9.52. The number of nitro benzene ring substituents is 1. The summed E-state index contributed by atoms with van der Waals surface area (Å²) in [6.07, 6.45) is 1.78. The molecule has 0 radical (unpaired) electrons. The van der Waals surface area contributed by atoms with Crippen LogP contribution < -0.4 is 10.5 Å². The van der Waals surface area contributed by atoms with Gasteiger partial charge in [0.2, 0.25) is 0 Å². The van der Waals surface area contributed by atoms with Gasteiger partial charge in [0.1, 0.15) is 0 Å². The van der Waals surface area contributed by atoms with E-state index in [1.807, 2.05) is 0 Å². The van der Waals surface area contributed by atoms with Crippen molar-refractivity contribution in [3.8, 4) is 5.75 Å². The number of nitro groups is 1. The lowest BCUT2D eigenvalue weighted by molar-refractivity contribution is -0.385. The van der Waals surface area contributed by atoms with Crippen LogP contribution in [0, 0.1) is 10.1 Å². The number of nitrogens with two attached hydrogens (primary N) is 1. The molecule has 0 aromatic heterocycles. The molecule has 21 heavy (non-hydrogen) atoms. The zero-order valence-electron chi connectivity index (χ0n) is 11.7. The predicted molar refractivity (Wildman–Crippen MR) is 80.0 cm³/mol. The second kappa shape index (κ2) is 7.24. The lowest BCUT2D eigenvalue weighted by Gasteiger charge is -2.30. The molecule has 1 heterocycles. The number of ether oxygens (including phenoxy) is 1. The summed E-state index contributed by atoms with van der Waals surface area (Å²) in [5.74, 6) is -0.0875. The van der Waals surface area contributed by atoms with Crippen LogP contribution in [0.25, 0.3) is 0 Å². The maximum Gasteiger partial charge on any atom is 0.310 e. The molecule has 0 bridgehead atoms. The van der Waals surface area contributed by atoms with Crippen LogP contribution in [0.4, 0.5) is 5.69 Å². The summed E-state index contributed by atoms with van der Waals surface area (Å²) in [6.45, 7) is 1.17. The van der Waals surface area contributed by atoms with Gasteiger partial charge in [-0.25, -0.2) is 0 Å². The zero-order valence-corrected chi connectivity index (χ0v) is 12.5. The number of hydrogen-bond acceptors (Lipinski definition) is 5. The minimum absolute atomic E-state index is 0. The van der Waals surface area contributed by atoms with Crippen molar-refractivity contribution in [2.75, 3.05) is 20.2 Å². The number of benzene rings is 1. The van der Waals surface area contributed by atoms with E-state index in [1.54, 1.807) is 4.90 Å². The number of methoxy groups -OCH3 is 1. The molecule has 1 aromatic carbocycles. The van der Waals surface area contributed by atoms with Crippen molar-refractivity contribution < 1.29 is 14.5 Å². The Morgan fingerprint density at radius 1 is 1.52 bits per heavy atom. The first-order valence-electron chi connectivity index (χ1n) is 6.40. The van der Waals surface area contributed by atoms with Crippen LogP contribution in [0.3, 0.4) is 0 Å². The van der Waals surface area contributed by atoms with E-state index in [1.165, 1.54) is 25.3 Å². The summed E-state index contributed by atoms with van der Waals surface area (Å²) in [7, 11) is 1.34. The number of carbonyl (C=O) groups is 1. The predicted octanol–water partition coefficient (Wildman–Crippen LogP) is 1.59. The van der Waals surface area contributed by atoms with Gasteiger partial charge in [-0.05, 0) is 18.9 Å². The number of likely N-dealkylation sites (tertiary alicyclic amines) is 1. The lowest BCUT2D eigenvalue weighted by atomic mass is 10.0. The van der Waals surface area contributed by atoms with Crippen molar-refractivity contribution >= 4 is 24.0 Å². The molecule has 1 fully saturated rings. The molecule has 1 amide bonds. The van der Waals surface area contributed by atoms with Crippen LogP contribution in [0.2, 0.25) is 0 Å². The van der Waals surface area contributed by atoms with Crippen molar-refractivity contribution in [1.82, 2.24) is 4.90 Å². The second-order valence-electron chi connectivity index (χ2n) is 4.80. The van der Waals surface area contributed by atoms with Gasteiger partial charge in [0.25, 0.3) is 5.91 Å². The molecule has 0 spiro atoms. The van der Waals surface area contributed by atoms with Gasteiger partial charge in [-0.15, -0.1) is 12.4 Å². The minimum Gasteiger partial charge on any atom is -0.490 e. The van der Waals surface area contributed by atoms with E-state index in [-0.39, 0.29) is 35.8 Å².